The summed E-state index contributed by atoms with van der Waals surface area (Å²) in [6.07, 6.45) is 2.81. The lowest BCUT2D eigenvalue weighted by atomic mass is 10.1. The van der Waals surface area contributed by atoms with Crippen LogP contribution in [0.1, 0.15) is 45.8 Å². The molecule has 8 heteroatoms. The molecule has 0 radical (unpaired) electrons. The smallest absolute Gasteiger partial charge is 0.416 e. The molecule has 7 nitrogen and oxygen atoms in total. The first kappa shape index (κ1) is 21.8. The highest BCUT2D eigenvalue weighted by Crippen LogP contribution is 2.30. The van der Waals surface area contributed by atoms with Gasteiger partial charge in [-0.25, -0.2) is 9.48 Å². The maximum absolute atomic E-state index is 13.0. The molecule has 1 aromatic carbocycles. The summed E-state index contributed by atoms with van der Waals surface area (Å²) in [4.78, 5) is 26.3. The van der Waals surface area contributed by atoms with Crippen LogP contribution in [0.4, 0.5) is 16.2 Å². The number of rotatable bonds is 6. The van der Waals surface area contributed by atoms with Gasteiger partial charge in [0, 0.05) is 30.4 Å². The summed E-state index contributed by atoms with van der Waals surface area (Å²) >= 11 is 5.60. The molecule has 0 bridgehead atoms. The van der Waals surface area contributed by atoms with Crippen LogP contribution in [0.15, 0.2) is 36.7 Å². The number of aromatic nitrogens is 2. The van der Waals surface area contributed by atoms with Gasteiger partial charge in [0.1, 0.15) is 11.8 Å². The number of aryl methyl sites for hydroxylation is 1. The molecular weight excluding hydrogens is 380 g/mol. The van der Waals surface area contributed by atoms with Crippen molar-refractivity contribution in [1.29, 1.82) is 0 Å². The number of nitrogens with zero attached hydrogens (tertiary/aromatic N) is 3. The van der Waals surface area contributed by atoms with E-state index in [9.17, 15) is 9.59 Å². The lowest BCUT2D eigenvalue weighted by Crippen LogP contribution is -2.41. The second kappa shape index (κ2) is 9.10. The zero-order chi connectivity index (χ0) is 20.9. The minimum atomic E-state index is -0.636. The van der Waals surface area contributed by atoms with E-state index in [4.69, 9.17) is 16.3 Å². The monoisotopic (exact) mass is 406 g/mol. The van der Waals surface area contributed by atoms with E-state index in [2.05, 4.69) is 10.4 Å². The standard InChI is InChI=1S/C20H27ClN4O3/c1-14-13-16(23-18(26)9-10-21)7-8-17(14)25(19(27)28-20(3,4)5)15(2)24-12-6-11-22-24/h6-8,11-13,15H,9-10H2,1-5H3,(H,23,26). The maximum Gasteiger partial charge on any atom is 0.416 e. The van der Waals surface area contributed by atoms with Crippen LogP contribution in [-0.2, 0) is 9.53 Å². The zero-order valence-electron chi connectivity index (χ0n) is 16.9. The summed E-state index contributed by atoms with van der Waals surface area (Å²) in [6.45, 7) is 9.21. The minimum absolute atomic E-state index is 0.156. The maximum atomic E-state index is 13.0. The molecule has 0 aliphatic rings. The molecule has 2 rings (SSSR count). The Balaban J connectivity index is 2.37. The van der Waals surface area contributed by atoms with Gasteiger partial charge in [-0.3, -0.25) is 9.69 Å². The number of halogens is 1. The minimum Gasteiger partial charge on any atom is -0.443 e. The van der Waals surface area contributed by atoms with Crippen molar-refractivity contribution in [3.05, 3.63) is 42.2 Å². The van der Waals surface area contributed by atoms with E-state index in [1.54, 1.807) is 40.2 Å². The Labute approximate surface area is 170 Å². The molecule has 0 aliphatic heterocycles. The number of anilines is 2. The van der Waals surface area contributed by atoms with Gasteiger partial charge >= 0.3 is 6.09 Å². The second-order valence-electron chi connectivity index (χ2n) is 7.46. The van der Waals surface area contributed by atoms with Gasteiger partial charge in [0.05, 0.1) is 5.69 Å². The van der Waals surface area contributed by atoms with E-state index in [1.807, 2.05) is 40.7 Å². The van der Waals surface area contributed by atoms with Gasteiger partial charge in [0.2, 0.25) is 5.91 Å². The highest BCUT2D eigenvalue weighted by molar-refractivity contribution is 6.19. The van der Waals surface area contributed by atoms with Gasteiger partial charge in [-0.1, -0.05) is 0 Å². The van der Waals surface area contributed by atoms with Crippen LogP contribution in [0, 0.1) is 6.92 Å². The molecule has 2 aromatic rings. The van der Waals surface area contributed by atoms with Crippen molar-refractivity contribution in [2.24, 2.45) is 0 Å². The Morgan fingerprint density at radius 1 is 1.36 bits per heavy atom. The van der Waals surface area contributed by atoms with Crippen molar-refractivity contribution in [1.82, 2.24) is 9.78 Å². The van der Waals surface area contributed by atoms with Crippen molar-refractivity contribution in [2.75, 3.05) is 16.1 Å². The fourth-order valence-electron chi connectivity index (χ4n) is 2.70. The first-order chi connectivity index (χ1) is 13.1. The van der Waals surface area contributed by atoms with Crippen molar-refractivity contribution in [2.45, 2.75) is 52.8 Å². The van der Waals surface area contributed by atoms with E-state index in [0.717, 1.165) is 5.56 Å². The molecule has 2 amide bonds. The second-order valence-corrected chi connectivity index (χ2v) is 7.83. The first-order valence-electron chi connectivity index (χ1n) is 9.10. The van der Waals surface area contributed by atoms with Gasteiger partial charge in [-0.2, -0.15) is 5.10 Å². The van der Waals surface area contributed by atoms with E-state index >= 15 is 0 Å². The SMILES string of the molecule is Cc1cc(NC(=O)CCCl)ccc1N(C(=O)OC(C)(C)C)C(C)n1cccn1. The number of benzene rings is 1. The van der Waals surface area contributed by atoms with Crippen LogP contribution in [0.5, 0.6) is 0 Å². The fourth-order valence-corrected chi connectivity index (χ4v) is 2.87. The van der Waals surface area contributed by atoms with Crippen molar-refractivity contribution >= 4 is 35.0 Å². The van der Waals surface area contributed by atoms with Crippen molar-refractivity contribution < 1.29 is 14.3 Å². The Morgan fingerprint density at radius 2 is 2.07 bits per heavy atom. The highest BCUT2D eigenvalue weighted by Gasteiger charge is 2.29. The Hall–Kier alpha value is -2.54. The zero-order valence-corrected chi connectivity index (χ0v) is 17.7. The fraction of sp³-hybridized carbons (Fsp3) is 0.450. The van der Waals surface area contributed by atoms with Crippen LogP contribution in [-0.4, -0.2) is 33.3 Å². The number of carbonyl (C=O) groups is 2. The summed E-state index contributed by atoms with van der Waals surface area (Å²) in [5.41, 5.74) is 1.50. The Kier molecular flexibility index (Phi) is 7.07. The molecule has 1 N–H and O–H groups in total. The molecule has 1 unspecified atom stereocenters. The molecule has 28 heavy (non-hydrogen) atoms. The number of nitrogens with one attached hydrogen (secondary N) is 1. The number of ether oxygens (including phenoxy) is 1. The number of hydrogen-bond acceptors (Lipinski definition) is 4. The molecule has 1 heterocycles. The first-order valence-corrected chi connectivity index (χ1v) is 9.63. The van der Waals surface area contributed by atoms with Crippen LogP contribution in [0.2, 0.25) is 0 Å². The van der Waals surface area contributed by atoms with Crippen LogP contribution < -0.4 is 10.2 Å². The molecule has 152 valence electrons. The lowest BCUT2D eigenvalue weighted by Gasteiger charge is -2.32. The third-order valence-electron chi connectivity index (χ3n) is 3.93. The van der Waals surface area contributed by atoms with E-state index in [1.165, 1.54) is 0 Å². The largest absolute Gasteiger partial charge is 0.443 e. The Bertz CT molecular complexity index is 815. The van der Waals surface area contributed by atoms with Crippen molar-refractivity contribution in [3.63, 3.8) is 0 Å². The van der Waals surface area contributed by atoms with E-state index in [0.29, 0.717) is 11.4 Å². The molecule has 0 saturated heterocycles. The predicted molar refractivity (Wildman–Crippen MR) is 111 cm³/mol. The van der Waals surface area contributed by atoms with Crippen LogP contribution >= 0.6 is 11.6 Å². The molecule has 0 aliphatic carbocycles. The normalized spacial score (nSPS) is 12.4. The summed E-state index contributed by atoms with van der Waals surface area (Å²) in [5.74, 6) is 0.104. The van der Waals surface area contributed by atoms with Gasteiger partial charge in [0.15, 0.2) is 0 Å². The quantitative estimate of drug-likeness (QED) is 0.704. The van der Waals surface area contributed by atoms with E-state index < -0.39 is 17.9 Å². The number of alkyl halides is 1. The average molecular weight is 407 g/mol. The van der Waals surface area contributed by atoms with Gasteiger partial charge in [-0.15, -0.1) is 11.6 Å². The number of carbonyl (C=O) groups excluding carboxylic acids is 2. The molecule has 0 spiro atoms. The van der Waals surface area contributed by atoms with Gasteiger partial charge < -0.3 is 10.1 Å². The summed E-state index contributed by atoms with van der Waals surface area (Å²) < 4.78 is 7.30. The van der Waals surface area contributed by atoms with Crippen LogP contribution in [0.25, 0.3) is 0 Å². The summed E-state index contributed by atoms with van der Waals surface area (Å²) in [5, 5.41) is 7.04. The molecule has 1 atom stereocenters. The lowest BCUT2D eigenvalue weighted by molar-refractivity contribution is -0.115. The molecule has 0 saturated carbocycles. The molecule has 0 fully saturated rings. The Morgan fingerprint density at radius 3 is 2.61 bits per heavy atom. The van der Waals surface area contributed by atoms with Crippen LogP contribution in [0.3, 0.4) is 0 Å². The number of amides is 2. The highest BCUT2D eigenvalue weighted by atomic mass is 35.5. The summed E-state index contributed by atoms with van der Waals surface area (Å²) in [7, 11) is 0. The third kappa shape index (κ3) is 5.73. The van der Waals surface area contributed by atoms with Gasteiger partial charge in [-0.05, 0) is 64.4 Å². The van der Waals surface area contributed by atoms with E-state index in [-0.39, 0.29) is 18.2 Å². The topological polar surface area (TPSA) is 76.5 Å². The average Bonchev–Trinajstić information content (AvgIpc) is 3.10. The third-order valence-corrected chi connectivity index (χ3v) is 4.12. The summed E-state index contributed by atoms with van der Waals surface area (Å²) in [6, 6.07) is 7.15. The molecule has 1 aromatic heterocycles. The molecular formula is C20H27ClN4O3. The number of hydrogen-bond donors (Lipinski definition) is 1. The van der Waals surface area contributed by atoms with Crippen molar-refractivity contribution in [3.8, 4) is 0 Å². The predicted octanol–water partition coefficient (Wildman–Crippen LogP) is 4.72. The van der Waals surface area contributed by atoms with Gasteiger partial charge in [0.25, 0.3) is 0 Å².